The van der Waals surface area contributed by atoms with Gasteiger partial charge in [-0.1, -0.05) is 59.1 Å². The van der Waals surface area contributed by atoms with E-state index in [1.54, 1.807) is 6.07 Å². The molecule has 0 aliphatic heterocycles. The lowest BCUT2D eigenvalue weighted by atomic mass is 9.69. The van der Waals surface area contributed by atoms with Crippen molar-refractivity contribution in [3.63, 3.8) is 0 Å². The van der Waals surface area contributed by atoms with Crippen molar-refractivity contribution in [2.45, 2.75) is 38.6 Å². The molecule has 0 N–H and O–H groups in total. The quantitative estimate of drug-likeness (QED) is 0.301. The molecule has 1 aliphatic rings. The van der Waals surface area contributed by atoms with E-state index < -0.39 is 5.54 Å². The van der Waals surface area contributed by atoms with Crippen LogP contribution in [0, 0.1) is 12.1 Å². The molecule has 2 nitrogen and oxygen atoms in total. The molecule has 0 saturated heterocycles. The number of hydrogen-bond acceptors (Lipinski definition) is 1. The van der Waals surface area contributed by atoms with E-state index in [0.717, 1.165) is 41.6 Å². The molecule has 4 heteroatoms. The minimum absolute atomic E-state index is 0.326. The van der Waals surface area contributed by atoms with E-state index in [4.69, 9.17) is 23.2 Å². The van der Waals surface area contributed by atoms with Gasteiger partial charge in [0.05, 0.1) is 6.54 Å². The number of aryl methyl sites for hydroxylation is 1. The van der Waals surface area contributed by atoms with Crippen molar-refractivity contribution >= 4 is 28.9 Å². The summed E-state index contributed by atoms with van der Waals surface area (Å²) < 4.78 is -0.326. The Hall–Kier alpha value is -1.84. The minimum atomic E-state index is -0.456. The van der Waals surface area contributed by atoms with Crippen LogP contribution in [0.1, 0.15) is 37.3 Å². The zero-order valence-corrected chi connectivity index (χ0v) is 18.3. The van der Waals surface area contributed by atoms with Crippen molar-refractivity contribution in [3.05, 3.63) is 93.1 Å². The Balaban J connectivity index is 1.82. The third-order valence-electron chi connectivity index (χ3n) is 6.36. The van der Waals surface area contributed by atoms with Gasteiger partial charge in [-0.25, -0.2) is 0 Å². The van der Waals surface area contributed by atoms with Gasteiger partial charge in [0.15, 0.2) is 0 Å². The Morgan fingerprint density at radius 2 is 1.55 bits per heavy atom. The van der Waals surface area contributed by atoms with Crippen molar-refractivity contribution in [2.24, 2.45) is 0 Å². The van der Waals surface area contributed by atoms with Gasteiger partial charge in [-0.2, -0.15) is 0 Å². The first-order chi connectivity index (χ1) is 13.9. The molecule has 29 heavy (non-hydrogen) atoms. The number of hydrogen-bond donors (Lipinski definition) is 0. The number of hydroxylamine groups is 2. The van der Waals surface area contributed by atoms with Crippen LogP contribution in [-0.2, 0) is 5.54 Å². The summed E-state index contributed by atoms with van der Waals surface area (Å²) in [6.07, 6.45) is 2.84. The van der Waals surface area contributed by atoms with Gasteiger partial charge in [0.2, 0.25) is 0 Å². The smallest absolute Gasteiger partial charge is 0.133 e. The highest BCUT2D eigenvalue weighted by Crippen LogP contribution is 2.53. The Labute approximate surface area is 182 Å². The molecule has 4 rings (SSSR count). The Bertz CT molecular complexity index is 1010. The number of quaternary nitrogens is 1. The molecular formula is C25H25Cl2NO. The maximum Gasteiger partial charge on any atom is 0.133 e. The molecule has 3 aromatic carbocycles. The van der Waals surface area contributed by atoms with Gasteiger partial charge in [-0.15, -0.1) is 0 Å². The van der Waals surface area contributed by atoms with Crippen LogP contribution in [0.5, 0.6) is 0 Å². The highest BCUT2D eigenvalue weighted by molar-refractivity contribution is 6.35. The van der Waals surface area contributed by atoms with Crippen LogP contribution in [0.3, 0.4) is 0 Å². The molecule has 1 unspecified atom stereocenters. The van der Waals surface area contributed by atoms with E-state index in [1.165, 1.54) is 5.56 Å². The van der Waals surface area contributed by atoms with Crippen molar-refractivity contribution < 1.29 is 0 Å². The predicted octanol–water partition coefficient (Wildman–Crippen LogP) is 7.87. The highest BCUT2D eigenvalue weighted by Gasteiger charge is 2.52. The minimum Gasteiger partial charge on any atom is -0.627 e. The molecule has 150 valence electrons. The molecule has 0 spiro atoms. The fraction of sp³-hybridized carbons (Fsp3) is 0.280. The van der Waals surface area contributed by atoms with Gasteiger partial charge in [0.1, 0.15) is 11.2 Å². The van der Waals surface area contributed by atoms with Crippen molar-refractivity contribution in [2.75, 3.05) is 6.54 Å². The summed E-state index contributed by atoms with van der Waals surface area (Å²) in [7, 11) is 0. The van der Waals surface area contributed by atoms with Gasteiger partial charge in [0.25, 0.3) is 0 Å². The Kier molecular flexibility index (Phi) is 5.48. The van der Waals surface area contributed by atoms with Gasteiger partial charge in [-0.05, 0) is 67.8 Å². The maximum absolute atomic E-state index is 14.3. The monoisotopic (exact) mass is 425 g/mol. The van der Waals surface area contributed by atoms with E-state index >= 15 is 0 Å². The first kappa shape index (κ1) is 20.4. The van der Waals surface area contributed by atoms with E-state index in [1.807, 2.05) is 56.3 Å². The second kappa shape index (κ2) is 7.77. The zero-order valence-electron chi connectivity index (χ0n) is 16.8. The van der Waals surface area contributed by atoms with Gasteiger partial charge in [-0.3, -0.25) is 0 Å². The molecule has 1 fully saturated rings. The summed E-state index contributed by atoms with van der Waals surface area (Å²) in [5.74, 6) is 0. The van der Waals surface area contributed by atoms with E-state index in [9.17, 15) is 5.21 Å². The third-order valence-corrected chi connectivity index (χ3v) is 6.80. The fourth-order valence-electron chi connectivity index (χ4n) is 4.60. The van der Waals surface area contributed by atoms with E-state index in [2.05, 4.69) is 18.2 Å². The molecule has 1 saturated carbocycles. The van der Waals surface area contributed by atoms with Crippen molar-refractivity contribution in [1.82, 2.24) is 4.65 Å². The van der Waals surface area contributed by atoms with Crippen LogP contribution in [0.15, 0.2) is 66.7 Å². The summed E-state index contributed by atoms with van der Waals surface area (Å²) in [4.78, 5) is 0. The summed E-state index contributed by atoms with van der Waals surface area (Å²) in [5.41, 5.74) is 4.63. The number of nitrogens with zero attached hydrogens (tertiary/aromatic N) is 1. The fourth-order valence-corrected chi connectivity index (χ4v) is 5.12. The normalized spacial score (nSPS) is 17.4. The van der Waals surface area contributed by atoms with Crippen molar-refractivity contribution in [1.29, 1.82) is 0 Å². The van der Waals surface area contributed by atoms with Gasteiger partial charge < -0.3 is 9.85 Å². The molecule has 1 aliphatic carbocycles. The maximum atomic E-state index is 14.3. The largest absolute Gasteiger partial charge is 0.627 e. The molecule has 0 aromatic heterocycles. The molecule has 1 atom stereocenters. The third kappa shape index (κ3) is 3.49. The lowest BCUT2D eigenvalue weighted by Crippen LogP contribution is -2.63. The predicted molar refractivity (Wildman–Crippen MR) is 124 cm³/mol. The van der Waals surface area contributed by atoms with Crippen LogP contribution >= 0.6 is 23.2 Å². The molecule has 0 amide bonds. The lowest BCUT2D eigenvalue weighted by molar-refractivity contribution is 0.0626. The summed E-state index contributed by atoms with van der Waals surface area (Å²) in [6, 6.07) is 22.0. The second-order valence-corrected chi connectivity index (χ2v) is 8.89. The standard InChI is InChI=1S/C25H25Cl2NO/c1-3-28(29,24-10-8-18(2)9-11-24)25(12-5-13-25)21-7-4-6-19(14-21)20-15-22(26)17-23(27)16-20/h4,6-11,14-17H,3,5,12-13H2,1-2H3. The molecule has 0 bridgehead atoms. The summed E-state index contributed by atoms with van der Waals surface area (Å²) >= 11 is 12.4. The topological polar surface area (TPSA) is 23.1 Å². The van der Waals surface area contributed by atoms with Crippen LogP contribution in [0.25, 0.3) is 11.1 Å². The first-order valence-corrected chi connectivity index (χ1v) is 10.9. The number of halogens is 2. The van der Waals surface area contributed by atoms with Gasteiger partial charge >= 0.3 is 0 Å². The average molecular weight is 426 g/mol. The second-order valence-electron chi connectivity index (χ2n) is 8.02. The zero-order chi connectivity index (χ0) is 20.6. The first-order valence-electron chi connectivity index (χ1n) is 10.1. The highest BCUT2D eigenvalue weighted by atomic mass is 35.5. The van der Waals surface area contributed by atoms with Crippen LogP contribution in [-0.4, -0.2) is 6.54 Å². The lowest BCUT2D eigenvalue weighted by Gasteiger charge is -2.60. The van der Waals surface area contributed by atoms with E-state index in [-0.39, 0.29) is 4.65 Å². The number of rotatable bonds is 5. The van der Waals surface area contributed by atoms with Crippen molar-refractivity contribution in [3.8, 4) is 11.1 Å². The van der Waals surface area contributed by atoms with Crippen LogP contribution in [0.4, 0.5) is 5.69 Å². The number of benzene rings is 3. The average Bonchev–Trinajstić information content (AvgIpc) is 2.67. The van der Waals surface area contributed by atoms with E-state index in [0.29, 0.717) is 16.6 Å². The van der Waals surface area contributed by atoms with Gasteiger partial charge in [0, 0.05) is 28.5 Å². The Morgan fingerprint density at radius 1 is 0.897 bits per heavy atom. The van der Waals surface area contributed by atoms with Crippen LogP contribution < -0.4 is 4.65 Å². The Morgan fingerprint density at radius 3 is 2.10 bits per heavy atom. The SMILES string of the molecule is CC[N+]([O-])(c1ccc(C)cc1)C1(c2cccc(-c3cc(Cl)cc(Cl)c3)c2)CCC1. The molecule has 0 heterocycles. The molecule has 3 aromatic rings. The van der Waals surface area contributed by atoms with Crippen LogP contribution in [0.2, 0.25) is 10.0 Å². The molecule has 0 radical (unpaired) electrons. The summed E-state index contributed by atoms with van der Waals surface area (Å²) in [6.45, 7) is 4.54. The molecular weight excluding hydrogens is 401 g/mol. The summed E-state index contributed by atoms with van der Waals surface area (Å²) in [5, 5.41) is 15.6.